The summed E-state index contributed by atoms with van der Waals surface area (Å²) in [5.41, 5.74) is 1.57. The molecule has 2 aromatic rings. The predicted molar refractivity (Wildman–Crippen MR) is 85.3 cm³/mol. The van der Waals surface area contributed by atoms with Gasteiger partial charge in [-0.15, -0.1) is 0 Å². The highest BCUT2D eigenvalue weighted by Crippen LogP contribution is 2.32. The summed E-state index contributed by atoms with van der Waals surface area (Å²) in [6.07, 6.45) is 4.31. The number of rotatable bonds is 6. The van der Waals surface area contributed by atoms with Gasteiger partial charge in [-0.2, -0.15) is 5.10 Å². The highest BCUT2D eigenvalue weighted by atomic mass is 16.5. The molecule has 1 aliphatic rings. The van der Waals surface area contributed by atoms with E-state index in [1.807, 2.05) is 30.7 Å². The van der Waals surface area contributed by atoms with E-state index in [2.05, 4.69) is 10.4 Å². The van der Waals surface area contributed by atoms with Crippen molar-refractivity contribution in [3.05, 3.63) is 41.6 Å². The van der Waals surface area contributed by atoms with Crippen molar-refractivity contribution in [2.45, 2.75) is 33.2 Å². The number of ether oxygens (including phenoxy) is 1. The summed E-state index contributed by atoms with van der Waals surface area (Å²) >= 11 is 0. The summed E-state index contributed by atoms with van der Waals surface area (Å²) in [5, 5.41) is 7.35. The largest absolute Gasteiger partial charge is 0.494 e. The molecule has 22 heavy (non-hydrogen) atoms. The number of hydrogen-bond acceptors (Lipinski definition) is 3. The second kappa shape index (κ2) is 6.22. The topological polar surface area (TPSA) is 56.1 Å². The SMILES string of the molecule is CCOc1cccc(C(=O)Nc2c(C)cnn2CC2CC2)c1. The smallest absolute Gasteiger partial charge is 0.256 e. The standard InChI is InChI=1S/C17H21N3O2/c1-3-22-15-6-4-5-14(9-15)17(21)19-16-12(2)10-18-20(16)11-13-7-8-13/h4-6,9-10,13H,3,7-8,11H2,1-2H3,(H,19,21). The maximum atomic E-state index is 12.5. The number of benzene rings is 1. The van der Waals surface area contributed by atoms with E-state index in [1.165, 1.54) is 12.8 Å². The average molecular weight is 299 g/mol. The Labute approximate surface area is 130 Å². The van der Waals surface area contributed by atoms with Crippen molar-refractivity contribution in [2.24, 2.45) is 5.92 Å². The Bertz CT molecular complexity index is 674. The van der Waals surface area contributed by atoms with Gasteiger partial charge in [-0.1, -0.05) is 6.07 Å². The second-order valence-corrected chi connectivity index (χ2v) is 5.72. The molecule has 5 nitrogen and oxygen atoms in total. The zero-order valence-electron chi connectivity index (χ0n) is 13.0. The number of nitrogens with zero attached hydrogens (tertiary/aromatic N) is 2. The third-order valence-corrected chi connectivity index (χ3v) is 3.79. The van der Waals surface area contributed by atoms with Crippen molar-refractivity contribution in [3.8, 4) is 5.75 Å². The molecule has 1 fully saturated rings. The number of aryl methyl sites for hydroxylation is 1. The van der Waals surface area contributed by atoms with Crippen molar-refractivity contribution in [2.75, 3.05) is 11.9 Å². The molecule has 1 N–H and O–H groups in total. The predicted octanol–water partition coefficient (Wildman–Crippen LogP) is 3.25. The normalized spacial score (nSPS) is 13.9. The summed E-state index contributed by atoms with van der Waals surface area (Å²) in [6.45, 7) is 5.34. The molecule has 0 aliphatic heterocycles. The number of anilines is 1. The monoisotopic (exact) mass is 299 g/mol. The fourth-order valence-electron chi connectivity index (χ4n) is 2.40. The lowest BCUT2D eigenvalue weighted by atomic mass is 10.2. The molecule has 3 rings (SSSR count). The molecule has 1 aromatic heterocycles. The number of nitrogens with one attached hydrogen (secondary N) is 1. The minimum atomic E-state index is -0.137. The Kier molecular flexibility index (Phi) is 4.13. The molecule has 1 aromatic carbocycles. The lowest BCUT2D eigenvalue weighted by Crippen LogP contribution is -2.17. The van der Waals surface area contributed by atoms with Gasteiger partial charge in [-0.3, -0.25) is 4.79 Å². The van der Waals surface area contributed by atoms with E-state index < -0.39 is 0 Å². The van der Waals surface area contributed by atoms with Crippen LogP contribution in [0, 0.1) is 12.8 Å². The first-order chi connectivity index (χ1) is 10.7. The van der Waals surface area contributed by atoms with Gasteiger partial charge in [0.25, 0.3) is 5.91 Å². The van der Waals surface area contributed by atoms with Crippen LogP contribution in [-0.2, 0) is 6.54 Å². The van der Waals surface area contributed by atoms with Crippen molar-refractivity contribution in [1.82, 2.24) is 9.78 Å². The third kappa shape index (κ3) is 3.30. The highest BCUT2D eigenvalue weighted by molar-refractivity contribution is 6.04. The van der Waals surface area contributed by atoms with E-state index in [4.69, 9.17) is 4.74 Å². The Hall–Kier alpha value is -2.30. The summed E-state index contributed by atoms with van der Waals surface area (Å²) in [4.78, 5) is 12.5. The Morgan fingerprint density at radius 2 is 2.27 bits per heavy atom. The quantitative estimate of drug-likeness (QED) is 0.890. The van der Waals surface area contributed by atoms with Gasteiger partial charge in [0.15, 0.2) is 0 Å². The molecule has 0 bridgehead atoms. The molecule has 5 heteroatoms. The van der Waals surface area contributed by atoms with Crippen molar-refractivity contribution in [3.63, 3.8) is 0 Å². The maximum absolute atomic E-state index is 12.5. The van der Waals surface area contributed by atoms with Crippen molar-refractivity contribution < 1.29 is 9.53 Å². The molecule has 0 spiro atoms. The molecule has 0 atom stereocenters. The van der Waals surface area contributed by atoms with Crippen LogP contribution in [0.2, 0.25) is 0 Å². The van der Waals surface area contributed by atoms with Crippen LogP contribution in [0.15, 0.2) is 30.5 Å². The molecule has 116 valence electrons. The van der Waals surface area contributed by atoms with E-state index in [1.54, 1.807) is 18.3 Å². The van der Waals surface area contributed by atoms with Gasteiger partial charge in [-0.05, 0) is 50.8 Å². The molecular formula is C17H21N3O2. The van der Waals surface area contributed by atoms with Gasteiger partial charge >= 0.3 is 0 Å². The van der Waals surface area contributed by atoms with E-state index in [0.717, 1.165) is 17.9 Å². The molecule has 1 aliphatic carbocycles. The third-order valence-electron chi connectivity index (χ3n) is 3.79. The average Bonchev–Trinajstić information content (AvgIpc) is 3.27. The number of amides is 1. The number of carbonyl (C=O) groups is 1. The molecule has 1 amide bonds. The van der Waals surface area contributed by atoms with Gasteiger partial charge in [0, 0.05) is 17.7 Å². The summed E-state index contributed by atoms with van der Waals surface area (Å²) in [5.74, 6) is 2.07. The molecule has 0 saturated heterocycles. The van der Waals surface area contributed by atoms with Gasteiger partial charge < -0.3 is 10.1 Å². The lowest BCUT2D eigenvalue weighted by Gasteiger charge is -2.11. The molecule has 0 radical (unpaired) electrons. The highest BCUT2D eigenvalue weighted by Gasteiger charge is 2.24. The van der Waals surface area contributed by atoms with E-state index in [0.29, 0.717) is 23.8 Å². The number of carbonyl (C=O) groups excluding carboxylic acids is 1. The molecule has 1 saturated carbocycles. The first kappa shape index (κ1) is 14.6. The van der Waals surface area contributed by atoms with Gasteiger partial charge in [-0.25, -0.2) is 4.68 Å². The van der Waals surface area contributed by atoms with Crippen LogP contribution in [0.5, 0.6) is 5.75 Å². The first-order valence-electron chi connectivity index (χ1n) is 7.74. The zero-order valence-corrected chi connectivity index (χ0v) is 13.0. The lowest BCUT2D eigenvalue weighted by molar-refractivity contribution is 0.102. The fraction of sp³-hybridized carbons (Fsp3) is 0.412. The number of hydrogen-bond donors (Lipinski definition) is 1. The van der Waals surface area contributed by atoms with E-state index >= 15 is 0 Å². The van der Waals surface area contributed by atoms with E-state index in [9.17, 15) is 4.79 Å². The van der Waals surface area contributed by atoms with Crippen molar-refractivity contribution >= 4 is 11.7 Å². The van der Waals surface area contributed by atoms with Crippen LogP contribution in [0.4, 0.5) is 5.82 Å². The maximum Gasteiger partial charge on any atom is 0.256 e. The van der Waals surface area contributed by atoms with E-state index in [-0.39, 0.29) is 5.91 Å². The summed E-state index contributed by atoms with van der Waals surface area (Å²) < 4.78 is 7.34. The number of aromatic nitrogens is 2. The first-order valence-corrected chi connectivity index (χ1v) is 7.74. The van der Waals surface area contributed by atoms with Crippen LogP contribution >= 0.6 is 0 Å². The Balaban J connectivity index is 1.76. The van der Waals surface area contributed by atoms with Crippen LogP contribution in [0.1, 0.15) is 35.7 Å². The Morgan fingerprint density at radius 3 is 3.00 bits per heavy atom. The van der Waals surface area contributed by atoms with Crippen LogP contribution < -0.4 is 10.1 Å². The molecule has 1 heterocycles. The van der Waals surface area contributed by atoms with Gasteiger partial charge in [0.05, 0.1) is 12.8 Å². The van der Waals surface area contributed by atoms with Gasteiger partial charge in [0.1, 0.15) is 11.6 Å². The van der Waals surface area contributed by atoms with Crippen LogP contribution in [-0.4, -0.2) is 22.3 Å². The molecular weight excluding hydrogens is 278 g/mol. The fourth-order valence-corrected chi connectivity index (χ4v) is 2.40. The summed E-state index contributed by atoms with van der Waals surface area (Å²) in [6, 6.07) is 7.22. The summed E-state index contributed by atoms with van der Waals surface area (Å²) in [7, 11) is 0. The Morgan fingerprint density at radius 1 is 1.45 bits per heavy atom. The van der Waals surface area contributed by atoms with Crippen molar-refractivity contribution in [1.29, 1.82) is 0 Å². The van der Waals surface area contributed by atoms with Gasteiger partial charge in [0.2, 0.25) is 0 Å². The van der Waals surface area contributed by atoms with Crippen LogP contribution in [0.25, 0.3) is 0 Å². The minimum Gasteiger partial charge on any atom is -0.494 e. The molecule has 0 unspecified atom stereocenters. The zero-order chi connectivity index (χ0) is 15.5. The van der Waals surface area contributed by atoms with Crippen LogP contribution in [0.3, 0.4) is 0 Å². The minimum absolute atomic E-state index is 0.137. The second-order valence-electron chi connectivity index (χ2n) is 5.72.